The lowest BCUT2D eigenvalue weighted by molar-refractivity contribution is 0.0705. The summed E-state index contributed by atoms with van der Waals surface area (Å²) in [4.78, 5) is 22.4. The van der Waals surface area contributed by atoms with Crippen LogP contribution >= 0.6 is 0 Å². The number of nitrogens with one attached hydrogen (secondary N) is 1. The molecule has 0 aliphatic carbocycles. The van der Waals surface area contributed by atoms with Gasteiger partial charge >= 0.3 is 0 Å². The van der Waals surface area contributed by atoms with Crippen molar-refractivity contribution in [2.24, 2.45) is 0 Å². The van der Waals surface area contributed by atoms with Gasteiger partial charge in [0, 0.05) is 42.5 Å². The van der Waals surface area contributed by atoms with Gasteiger partial charge in [0.1, 0.15) is 5.82 Å². The molecule has 6 heteroatoms. The fraction of sp³-hybridized carbons (Fsp3) is 0.333. The maximum atomic E-state index is 13.0. The highest BCUT2D eigenvalue weighted by Crippen LogP contribution is 2.26. The molecule has 1 aliphatic heterocycles. The molecule has 1 N–H and O–H groups in total. The summed E-state index contributed by atoms with van der Waals surface area (Å²) in [7, 11) is 0. The molecule has 27 heavy (non-hydrogen) atoms. The van der Waals surface area contributed by atoms with Gasteiger partial charge in [0.2, 0.25) is 0 Å². The highest BCUT2D eigenvalue weighted by atomic mass is 16.2. The van der Waals surface area contributed by atoms with Crippen LogP contribution in [0.15, 0.2) is 42.9 Å². The van der Waals surface area contributed by atoms with Crippen LogP contribution in [0, 0.1) is 13.8 Å². The standard InChI is InChI=1S/C21H23N5O/c1-14-12-24-25-19(15(14)2)16-5-7-17(8-6-16)21(27)26-11-3-4-18(13-26)20-22-9-10-23-20/h5-10,12,18H,3-4,11,13H2,1-2H3,(H,22,23). The average Bonchev–Trinajstić information content (AvgIpc) is 3.25. The molecular weight excluding hydrogens is 338 g/mol. The van der Waals surface area contributed by atoms with Crippen molar-refractivity contribution in [2.45, 2.75) is 32.6 Å². The van der Waals surface area contributed by atoms with E-state index in [0.717, 1.165) is 47.6 Å². The van der Waals surface area contributed by atoms with E-state index in [2.05, 4.69) is 20.2 Å². The van der Waals surface area contributed by atoms with Gasteiger partial charge < -0.3 is 9.88 Å². The van der Waals surface area contributed by atoms with Crippen molar-refractivity contribution in [3.05, 3.63) is 65.4 Å². The lowest BCUT2D eigenvalue weighted by Crippen LogP contribution is -2.39. The van der Waals surface area contributed by atoms with Crippen LogP contribution in [0.2, 0.25) is 0 Å². The number of hydrogen-bond donors (Lipinski definition) is 1. The van der Waals surface area contributed by atoms with Gasteiger partial charge in [-0.05, 0) is 49.9 Å². The van der Waals surface area contributed by atoms with E-state index in [0.29, 0.717) is 12.1 Å². The smallest absolute Gasteiger partial charge is 0.253 e. The molecule has 1 aliphatic rings. The summed E-state index contributed by atoms with van der Waals surface area (Å²) >= 11 is 0. The van der Waals surface area contributed by atoms with E-state index >= 15 is 0 Å². The highest BCUT2D eigenvalue weighted by Gasteiger charge is 2.26. The number of aromatic amines is 1. The van der Waals surface area contributed by atoms with Crippen LogP contribution in [0.4, 0.5) is 0 Å². The van der Waals surface area contributed by atoms with Crippen molar-refractivity contribution >= 4 is 5.91 Å². The summed E-state index contributed by atoms with van der Waals surface area (Å²) in [6.07, 6.45) is 7.42. The average molecular weight is 361 g/mol. The van der Waals surface area contributed by atoms with Crippen molar-refractivity contribution < 1.29 is 4.79 Å². The van der Waals surface area contributed by atoms with E-state index in [-0.39, 0.29) is 11.8 Å². The second-order valence-electron chi connectivity index (χ2n) is 7.14. The first kappa shape index (κ1) is 17.4. The molecule has 0 bridgehead atoms. The Morgan fingerprint density at radius 3 is 2.78 bits per heavy atom. The Kier molecular flexibility index (Phi) is 4.71. The normalized spacial score (nSPS) is 17.1. The molecule has 1 atom stereocenters. The SMILES string of the molecule is Cc1cnnc(-c2ccc(C(=O)N3CCCC(c4ncc[nH]4)C3)cc2)c1C. The molecule has 6 nitrogen and oxygen atoms in total. The van der Waals surface area contributed by atoms with E-state index in [9.17, 15) is 4.79 Å². The molecule has 0 radical (unpaired) electrons. The van der Waals surface area contributed by atoms with Gasteiger partial charge in [0.05, 0.1) is 11.9 Å². The van der Waals surface area contributed by atoms with Gasteiger partial charge in [-0.3, -0.25) is 4.79 Å². The lowest BCUT2D eigenvalue weighted by Gasteiger charge is -2.32. The Balaban J connectivity index is 1.51. The van der Waals surface area contributed by atoms with Crippen molar-refractivity contribution in [1.29, 1.82) is 0 Å². The first-order valence-electron chi connectivity index (χ1n) is 9.31. The Bertz CT molecular complexity index is 934. The summed E-state index contributed by atoms with van der Waals surface area (Å²) in [5, 5.41) is 8.31. The number of likely N-dealkylation sites (tertiary alicyclic amines) is 1. The van der Waals surface area contributed by atoms with Crippen molar-refractivity contribution in [1.82, 2.24) is 25.1 Å². The first-order chi connectivity index (χ1) is 13.1. The Labute approximate surface area is 158 Å². The van der Waals surface area contributed by atoms with Gasteiger partial charge in [-0.1, -0.05) is 12.1 Å². The molecule has 138 valence electrons. The number of piperidine rings is 1. The molecule has 0 saturated carbocycles. The largest absolute Gasteiger partial charge is 0.348 e. The van der Waals surface area contributed by atoms with E-state index in [1.807, 2.05) is 49.2 Å². The molecule has 3 aromatic rings. The van der Waals surface area contributed by atoms with Crippen LogP contribution < -0.4 is 0 Å². The van der Waals surface area contributed by atoms with Crippen molar-refractivity contribution in [3.63, 3.8) is 0 Å². The fourth-order valence-electron chi connectivity index (χ4n) is 3.64. The molecule has 1 amide bonds. The Morgan fingerprint density at radius 2 is 2.04 bits per heavy atom. The minimum absolute atomic E-state index is 0.0739. The predicted molar refractivity (Wildman–Crippen MR) is 103 cm³/mol. The van der Waals surface area contributed by atoms with Crippen LogP contribution in [0.1, 0.15) is 46.1 Å². The molecule has 4 rings (SSSR count). The fourth-order valence-corrected chi connectivity index (χ4v) is 3.64. The molecule has 2 aromatic heterocycles. The molecule has 0 spiro atoms. The van der Waals surface area contributed by atoms with Crippen LogP contribution in [0.25, 0.3) is 11.3 Å². The first-order valence-corrected chi connectivity index (χ1v) is 9.31. The third-order valence-corrected chi connectivity index (χ3v) is 5.38. The summed E-state index contributed by atoms with van der Waals surface area (Å²) in [5.74, 6) is 1.32. The number of hydrogen-bond acceptors (Lipinski definition) is 4. The minimum Gasteiger partial charge on any atom is -0.348 e. The van der Waals surface area contributed by atoms with E-state index in [1.54, 1.807) is 12.4 Å². The Morgan fingerprint density at radius 1 is 1.22 bits per heavy atom. The van der Waals surface area contributed by atoms with E-state index in [4.69, 9.17) is 0 Å². The molecule has 1 fully saturated rings. The number of nitrogens with zero attached hydrogens (tertiary/aromatic N) is 4. The summed E-state index contributed by atoms with van der Waals surface area (Å²) in [5.41, 5.74) is 4.77. The topological polar surface area (TPSA) is 74.8 Å². The number of carbonyl (C=O) groups is 1. The van der Waals surface area contributed by atoms with Crippen molar-refractivity contribution in [3.8, 4) is 11.3 Å². The number of carbonyl (C=O) groups excluding carboxylic acids is 1. The Hall–Kier alpha value is -3.02. The van der Waals surface area contributed by atoms with Gasteiger partial charge in [0.25, 0.3) is 5.91 Å². The summed E-state index contributed by atoms with van der Waals surface area (Å²) in [6, 6.07) is 7.69. The predicted octanol–water partition coefficient (Wildman–Crippen LogP) is 3.50. The monoisotopic (exact) mass is 361 g/mol. The number of aryl methyl sites for hydroxylation is 1. The van der Waals surface area contributed by atoms with Gasteiger partial charge in [-0.15, -0.1) is 0 Å². The van der Waals surface area contributed by atoms with Crippen molar-refractivity contribution in [2.75, 3.05) is 13.1 Å². The van der Waals surface area contributed by atoms with Crippen LogP contribution in [-0.4, -0.2) is 44.1 Å². The number of amides is 1. The molecule has 3 heterocycles. The number of aromatic nitrogens is 4. The summed E-state index contributed by atoms with van der Waals surface area (Å²) in [6.45, 7) is 5.56. The number of benzene rings is 1. The third kappa shape index (κ3) is 3.47. The molecular formula is C21H23N5O. The van der Waals surface area contributed by atoms with Gasteiger partial charge in [-0.2, -0.15) is 10.2 Å². The number of H-pyrrole nitrogens is 1. The summed E-state index contributed by atoms with van der Waals surface area (Å²) < 4.78 is 0. The molecule has 1 saturated heterocycles. The zero-order valence-electron chi connectivity index (χ0n) is 15.6. The number of imidazole rings is 1. The minimum atomic E-state index is 0.0739. The second-order valence-corrected chi connectivity index (χ2v) is 7.14. The van der Waals surface area contributed by atoms with Gasteiger partial charge in [0.15, 0.2) is 0 Å². The van der Waals surface area contributed by atoms with E-state index < -0.39 is 0 Å². The van der Waals surface area contributed by atoms with E-state index in [1.165, 1.54) is 0 Å². The maximum absolute atomic E-state index is 13.0. The highest BCUT2D eigenvalue weighted by molar-refractivity contribution is 5.94. The van der Waals surface area contributed by atoms with Crippen LogP contribution in [0.5, 0.6) is 0 Å². The second kappa shape index (κ2) is 7.31. The number of rotatable bonds is 3. The van der Waals surface area contributed by atoms with Gasteiger partial charge in [-0.25, -0.2) is 4.98 Å². The zero-order valence-corrected chi connectivity index (χ0v) is 15.6. The molecule has 1 unspecified atom stereocenters. The quantitative estimate of drug-likeness (QED) is 0.775. The van der Waals surface area contributed by atoms with Crippen LogP contribution in [-0.2, 0) is 0 Å². The zero-order chi connectivity index (χ0) is 18.8. The molecule has 1 aromatic carbocycles. The third-order valence-electron chi connectivity index (χ3n) is 5.38. The van der Waals surface area contributed by atoms with Crippen LogP contribution in [0.3, 0.4) is 0 Å². The lowest BCUT2D eigenvalue weighted by atomic mass is 9.96. The maximum Gasteiger partial charge on any atom is 0.253 e.